The molecule has 2 aromatic carbocycles. The van der Waals surface area contributed by atoms with Gasteiger partial charge in [-0.25, -0.2) is 9.18 Å². The van der Waals surface area contributed by atoms with Gasteiger partial charge in [0, 0.05) is 43.0 Å². The monoisotopic (exact) mass is 480 g/mol. The van der Waals surface area contributed by atoms with Crippen molar-refractivity contribution in [3.63, 3.8) is 0 Å². The van der Waals surface area contributed by atoms with Gasteiger partial charge in [0.05, 0.1) is 5.82 Å². The topological polar surface area (TPSA) is 79.6 Å². The molecule has 3 rings (SSSR count). The van der Waals surface area contributed by atoms with Crippen LogP contribution in [-0.2, 0) is 4.74 Å². The Morgan fingerprint density at radius 3 is 2.51 bits per heavy atom. The van der Waals surface area contributed by atoms with Gasteiger partial charge < -0.3 is 26.0 Å². The molecule has 1 heterocycles. The van der Waals surface area contributed by atoms with Crippen LogP contribution in [0, 0.1) is 12.7 Å². The van der Waals surface area contributed by atoms with Gasteiger partial charge in [0.2, 0.25) is 0 Å². The van der Waals surface area contributed by atoms with Crippen LogP contribution < -0.4 is 16.4 Å². The number of nitrogens with two attached hydrogens (primary N) is 1. The van der Waals surface area contributed by atoms with Gasteiger partial charge in [-0.2, -0.15) is 0 Å². The second-order valence-corrected chi connectivity index (χ2v) is 9.90. The Balaban J connectivity index is 1.93. The summed E-state index contributed by atoms with van der Waals surface area (Å²) < 4.78 is 20.3. The van der Waals surface area contributed by atoms with E-state index in [0.717, 1.165) is 40.8 Å². The van der Waals surface area contributed by atoms with Crippen LogP contribution in [0.15, 0.2) is 42.7 Å². The number of nitrogens with one attached hydrogen (secondary N) is 2. The predicted molar refractivity (Wildman–Crippen MR) is 142 cm³/mol. The molecule has 0 radical (unpaired) electrons. The highest BCUT2D eigenvalue weighted by Gasteiger charge is 2.27. The number of likely N-dealkylation sites (tertiary alicyclic amines) is 1. The van der Waals surface area contributed by atoms with E-state index < -0.39 is 5.60 Å². The lowest BCUT2D eigenvalue weighted by atomic mass is 9.93. The van der Waals surface area contributed by atoms with E-state index in [1.54, 1.807) is 24.1 Å². The number of ether oxygens (including phenoxy) is 1. The number of rotatable bonds is 6. The lowest BCUT2D eigenvalue weighted by Crippen LogP contribution is -2.44. The molecule has 7 heteroatoms. The zero-order valence-electron chi connectivity index (χ0n) is 21.4. The second-order valence-electron chi connectivity index (χ2n) is 9.90. The Morgan fingerprint density at radius 1 is 1.26 bits per heavy atom. The first kappa shape index (κ1) is 26.1. The second kappa shape index (κ2) is 10.8. The molecular formula is C28H37FN4O2. The summed E-state index contributed by atoms with van der Waals surface area (Å²) in [4.78, 5) is 14.2. The zero-order chi connectivity index (χ0) is 25.8. The predicted octanol–water partition coefficient (Wildman–Crippen LogP) is 5.73. The molecule has 1 saturated heterocycles. The van der Waals surface area contributed by atoms with Gasteiger partial charge in [0.25, 0.3) is 0 Å². The number of nitrogens with zero attached hydrogens (tertiary/aromatic N) is 1. The maximum Gasteiger partial charge on any atom is 0.410 e. The minimum atomic E-state index is -0.521. The van der Waals surface area contributed by atoms with E-state index in [1.165, 1.54) is 6.07 Å². The Bertz CT molecular complexity index is 1090. The summed E-state index contributed by atoms with van der Waals surface area (Å²) in [5.41, 5.74) is 10.3. The molecule has 0 spiro atoms. The van der Waals surface area contributed by atoms with Crippen molar-refractivity contribution in [2.24, 2.45) is 5.73 Å². The molecule has 4 N–H and O–H groups in total. The van der Waals surface area contributed by atoms with Crippen LogP contribution in [0.1, 0.15) is 50.3 Å². The Labute approximate surface area is 208 Å². The molecule has 1 aliphatic rings. The van der Waals surface area contributed by atoms with Crippen molar-refractivity contribution in [2.75, 3.05) is 25.5 Å². The number of piperidine rings is 1. The number of aryl methyl sites for hydroxylation is 1. The molecule has 2 aromatic rings. The van der Waals surface area contributed by atoms with Crippen molar-refractivity contribution in [1.29, 1.82) is 0 Å². The fourth-order valence-electron chi connectivity index (χ4n) is 4.25. The third-order valence-corrected chi connectivity index (χ3v) is 6.04. The minimum Gasteiger partial charge on any atom is -0.444 e. The van der Waals surface area contributed by atoms with Crippen molar-refractivity contribution < 1.29 is 13.9 Å². The quantitative estimate of drug-likeness (QED) is 0.492. The molecule has 0 bridgehead atoms. The standard InChI is InChI=1S/C28H37FN4O2/c1-7-19-15-20(26-18(2)9-8-10-23(26)29)16-24(22(19)17-25(30)31-6)32-21-11-13-33(14-12-21)27(34)35-28(3,4)5/h7-10,15-17,21,31-32H,1,11-14,30H2,2-6H3/b25-17+. The first-order chi connectivity index (χ1) is 16.5. The van der Waals surface area contributed by atoms with E-state index in [-0.39, 0.29) is 18.0 Å². The van der Waals surface area contributed by atoms with E-state index in [9.17, 15) is 9.18 Å². The molecule has 0 saturated carbocycles. The fraction of sp³-hybridized carbons (Fsp3) is 0.393. The minimum absolute atomic E-state index is 0.131. The summed E-state index contributed by atoms with van der Waals surface area (Å²) >= 11 is 0. The van der Waals surface area contributed by atoms with Gasteiger partial charge >= 0.3 is 6.09 Å². The Kier molecular flexibility index (Phi) is 8.10. The van der Waals surface area contributed by atoms with Crippen molar-refractivity contribution in [3.8, 4) is 11.1 Å². The summed E-state index contributed by atoms with van der Waals surface area (Å²) in [6.07, 6.45) is 4.84. The summed E-state index contributed by atoms with van der Waals surface area (Å²) in [6.45, 7) is 12.7. The number of carbonyl (C=O) groups is 1. The Morgan fingerprint density at radius 2 is 1.94 bits per heavy atom. The molecule has 1 aliphatic heterocycles. The van der Waals surface area contributed by atoms with Crippen LogP contribution in [0.2, 0.25) is 0 Å². The highest BCUT2D eigenvalue weighted by molar-refractivity contribution is 5.83. The number of hydrogen-bond donors (Lipinski definition) is 3. The highest BCUT2D eigenvalue weighted by Crippen LogP contribution is 2.35. The maximum atomic E-state index is 14.8. The Hall–Kier alpha value is -3.48. The molecule has 0 unspecified atom stereocenters. The summed E-state index contributed by atoms with van der Waals surface area (Å²) in [7, 11) is 1.76. The number of amides is 1. The van der Waals surface area contributed by atoms with Crippen LogP contribution in [-0.4, -0.2) is 42.8 Å². The van der Waals surface area contributed by atoms with E-state index in [1.807, 2.05) is 52.0 Å². The lowest BCUT2D eigenvalue weighted by Gasteiger charge is -2.34. The molecule has 0 aliphatic carbocycles. The molecular weight excluding hydrogens is 443 g/mol. The number of benzene rings is 2. The lowest BCUT2D eigenvalue weighted by molar-refractivity contribution is 0.0210. The van der Waals surface area contributed by atoms with Crippen molar-refractivity contribution >= 4 is 23.9 Å². The van der Waals surface area contributed by atoms with Crippen LogP contribution in [0.5, 0.6) is 0 Å². The highest BCUT2D eigenvalue weighted by atomic mass is 19.1. The van der Waals surface area contributed by atoms with Crippen LogP contribution >= 0.6 is 0 Å². The number of anilines is 1. The SMILES string of the molecule is C=Cc1cc(-c2c(C)cccc2F)cc(NC2CCN(C(=O)OC(C)(C)C)CC2)c1/C=C(\N)NC. The molecule has 1 amide bonds. The van der Waals surface area contributed by atoms with Crippen LogP contribution in [0.4, 0.5) is 14.9 Å². The van der Waals surface area contributed by atoms with Gasteiger partial charge in [-0.15, -0.1) is 0 Å². The molecule has 1 fully saturated rings. The number of carbonyl (C=O) groups excluding carboxylic acids is 1. The van der Waals surface area contributed by atoms with Gasteiger partial charge in [0.1, 0.15) is 11.4 Å². The first-order valence-electron chi connectivity index (χ1n) is 12.0. The van der Waals surface area contributed by atoms with E-state index >= 15 is 0 Å². The average molecular weight is 481 g/mol. The van der Waals surface area contributed by atoms with Gasteiger partial charge in [0.15, 0.2) is 0 Å². The number of halogens is 1. The normalized spacial score (nSPS) is 15.0. The molecule has 6 nitrogen and oxygen atoms in total. The van der Waals surface area contributed by atoms with E-state index in [2.05, 4.69) is 17.2 Å². The van der Waals surface area contributed by atoms with E-state index in [4.69, 9.17) is 10.5 Å². The van der Waals surface area contributed by atoms with Crippen molar-refractivity contribution in [1.82, 2.24) is 10.2 Å². The third-order valence-electron chi connectivity index (χ3n) is 6.04. The summed E-state index contributed by atoms with van der Waals surface area (Å²) in [5, 5.41) is 6.59. The zero-order valence-corrected chi connectivity index (χ0v) is 21.4. The fourth-order valence-corrected chi connectivity index (χ4v) is 4.25. The molecule has 35 heavy (non-hydrogen) atoms. The first-order valence-corrected chi connectivity index (χ1v) is 12.0. The molecule has 188 valence electrons. The smallest absolute Gasteiger partial charge is 0.410 e. The molecule has 0 atom stereocenters. The van der Waals surface area contributed by atoms with Crippen LogP contribution in [0.3, 0.4) is 0 Å². The van der Waals surface area contributed by atoms with Gasteiger partial charge in [-0.1, -0.05) is 24.8 Å². The van der Waals surface area contributed by atoms with Crippen LogP contribution in [0.25, 0.3) is 23.3 Å². The van der Waals surface area contributed by atoms with Crippen molar-refractivity contribution in [3.05, 3.63) is 65.2 Å². The number of hydrogen-bond acceptors (Lipinski definition) is 5. The average Bonchev–Trinajstić information content (AvgIpc) is 2.79. The van der Waals surface area contributed by atoms with Gasteiger partial charge in [-0.05, 0) is 81.5 Å². The van der Waals surface area contributed by atoms with E-state index in [0.29, 0.717) is 24.5 Å². The van der Waals surface area contributed by atoms with Gasteiger partial charge in [-0.3, -0.25) is 0 Å². The summed E-state index contributed by atoms with van der Waals surface area (Å²) in [5.74, 6) is 0.236. The largest absolute Gasteiger partial charge is 0.444 e. The molecule has 0 aromatic heterocycles. The third kappa shape index (κ3) is 6.56. The maximum absolute atomic E-state index is 14.8. The summed E-state index contributed by atoms with van der Waals surface area (Å²) in [6, 6.07) is 9.12. The van der Waals surface area contributed by atoms with Crippen molar-refractivity contribution in [2.45, 2.75) is 52.2 Å².